The number of aliphatic hydroxyl groups is 4. The van der Waals surface area contributed by atoms with Crippen LogP contribution in [0.3, 0.4) is 0 Å². The zero-order chi connectivity index (χ0) is 31.0. The van der Waals surface area contributed by atoms with Crippen molar-refractivity contribution in [3.63, 3.8) is 0 Å². The van der Waals surface area contributed by atoms with Crippen LogP contribution in [-0.2, 0) is 32.0 Å². The van der Waals surface area contributed by atoms with E-state index >= 15 is 0 Å². The van der Waals surface area contributed by atoms with Gasteiger partial charge in [0.2, 0.25) is 5.78 Å². The molecule has 43 heavy (non-hydrogen) atoms. The monoisotopic (exact) mass is 583 g/mol. The Hall–Kier alpha value is -4.80. The molecule has 0 spiro atoms. The molecule has 3 aliphatic carbocycles. The lowest BCUT2D eigenvalue weighted by Gasteiger charge is -2.50. The lowest BCUT2D eigenvalue weighted by molar-refractivity contribution is -0.160. The Morgan fingerprint density at radius 1 is 0.953 bits per heavy atom. The number of aliphatic hydroxyl groups excluding tert-OH is 3. The number of nitrogens with two attached hydrogens (primary N) is 1. The third-order valence-electron chi connectivity index (χ3n) is 9.24. The number of hydrogen-bond acceptors (Lipinski definition) is 9. The Morgan fingerprint density at radius 3 is 2.35 bits per heavy atom. The number of aromatic hydroxyl groups is 1. The molecule has 0 saturated heterocycles. The number of phenols is 1. The lowest BCUT2D eigenvalue weighted by Crippen LogP contribution is -2.63. The molecule has 1 saturated carbocycles. The number of fused-ring (bicyclic) bond motifs is 4. The van der Waals surface area contributed by atoms with Crippen LogP contribution in [0.2, 0.25) is 0 Å². The van der Waals surface area contributed by atoms with Crippen molar-refractivity contribution >= 4 is 39.8 Å². The number of benzene rings is 3. The van der Waals surface area contributed by atoms with Gasteiger partial charge in [0.05, 0.1) is 11.7 Å². The number of rotatable bonds is 5. The van der Waals surface area contributed by atoms with Gasteiger partial charge in [0.15, 0.2) is 11.4 Å². The zero-order valence-electron chi connectivity index (χ0n) is 23.1. The van der Waals surface area contributed by atoms with Gasteiger partial charge in [-0.25, -0.2) is 0 Å². The van der Waals surface area contributed by atoms with Crippen molar-refractivity contribution in [1.29, 1.82) is 0 Å². The second kappa shape index (κ2) is 9.89. The Labute approximate surface area is 245 Å². The largest absolute Gasteiger partial charge is 0.508 e. The van der Waals surface area contributed by atoms with Crippen molar-refractivity contribution in [3.8, 4) is 5.75 Å². The number of phenolic OH excluding ortho intramolecular Hbond substituents is 1. The van der Waals surface area contributed by atoms with Crippen molar-refractivity contribution in [2.75, 3.05) is 0 Å². The van der Waals surface area contributed by atoms with Crippen LogP contribution in [0.25, 0.3) is 16.5 Å². The topological polar surface area (TPSA) is 195 Å². The van der Waals surface area contributed by atoms with Gasteiger partial charge < -0.3 is 31.3 Å². The van der Waals surface area contributed by atoms with Crippen LogP contribution in [0, 0.1) is 11.8 Å². The fraction of sp³-hybridized carbons (Fsp3) is 0.273. The predicted molar refractivity (Wildman–Crippen MR) is 154 cm³/mol. The third kappa shape index (κ3) is 4.01. The van der Waals surface area contributed by atoms with Gasteiger partial charge in [-0.15, -0.1) is 0 Å². The molecule has 0 bridgehead atoms. The summed E-state index contributed by atoms with van der Waals surface area (Å²) in [5.41, 5.74) is 2.16. The van der Waals surface area contributed by atoms with Gasteiger partial charge in [0.25, 0.3) is 5.91 Å². The molecule has 0 aromatic heterocycles. The molecular weight excluding hydrogens is 554 g/mol. The first-order chi connectivity index (χ1) is 20.4. The summed E-state index contributed by atoms with van der Waals surface area (Å²) in [6.07, 6.45) is -2.33. The highest BCUT2D eigenvalue weighted by atomic mass is 16.4. The molecule has 0 aliphatic heterocycles. The van der Waals surface area contributed by atoms with Gasteiger partial charge in [-0.1, -0.05) is 61.5 Å². The Kier molecular flexibility index (Phi) is 6.52. The highest BCUT2D eigenvalue weighted by molar-refractivity contribution is 6.23. The van der Waals surface area contributed by atoms with E-state index in [4.69, 9.17) is 5.73 Å². The van der Waals surface area contributed by atoms with Gasteiger partial charge in [-0.3, -0.25) is 19.2 Å². The smallest absolute Gasteiger partial charge is 0.255 e. The number of amides is 1. The van der Waals surface area contributed by atoms with Crippen LogP contribution in [-0.4, -0.2) is 60.5 Å². The highest BCUT2D eigenvalue weighted by Crippen LogP contribution is 2.55. The zero-order valence-corrected chi connectivity index (χ0v) is 23.1. The molecule has 0 radical (unpaired) electrons. The molecule has 220 valence electrons. The maximum atomic E-state index is 13.8. The van der Waals surface area contributed by atoms with E-state index in [9.17, 15) is 44.7 Å². The van der Waals surface area contributed by atoms with E-state index < -0.39 is 81.8 Å². The van der Waals surface area contributed by atoms with Gasteiger partial charge in [-0.2, -0.15) is 0 Å². The maximum Gasteiger partial charge on any atom is 0.255 e. The first-order valence-corrected chi connectivity index (χ1v) is 13.9. The van der Waals surface area contributed by atoms with E-state index in [1.807, 2.05) is 42.5 Å². The molecule has 1 fully saturated rings. The SMILES string of the molecule is C[C@H]1c2ccc(CC(=O)Cc3cccc4ccccc34)c(O)c2C(O)=C2C(=O)[C@]3(O)C(O)=C(C(N)=O)C(=O)C[C@@H]3[C@@H](O)[C@@H]21. The summed E-state index contributed by atoms with van der Waals surface area (Å²) in [4.78, 5) is 51.4. The average molecular weight is 584 g/mol. The molecule has 0 unspecified atom stereocenters. The minimum absolute atomic E-state index is 0.0923. The second-order valence-corrected chi connectivity index (χ2v) is 11.6. The Morgan fingerprint density at radius 2 is 1.63 bits per heavy atom. The Balaban J connectivity index is 1.40. The summed E-state index contributed by atoms with van der Waals surface area (Å²) in [6, 6.07) is 16.5. The summed E-state index contributed by atoms with van der Waals surface area (Å²) in [5, 5.41) is 58.2. The summed E-state index contributed by atoms with van der Waals surface area (Å²) >= 11 is 0. The van der Waals surface area contributed by atoms with Crippen molar-refractivity contribution in [2.24, 2.45) is 17.6 Å². The van der Waals surface area contributed by atoms with E-state index in [0.717, 1.165) is 16.3 Å². The summed E-state index contributed by atoms with van der Waals surface area (Å²) in [6.45, 7) is 1.65. The maximum absolute atomic E-state index is 13.8. The van der Waals surface area contributed by atoms with Crippen LogP contribution >= 0.6 is 0 Å². The van der Waals surface area contributed by atoms with Gasteiger partial charge in [-0.05, 0) is 27.8 Å². The quantitative estimate of drug-likeness (QED) is 0.245. The molecule has 3 aliphatic rings. The minimum atomic E-state index is -2.91. The second-order valence-electron chi connectivity index (χ2n) is 11.6. The standard InChI is InChI=1S/C33H29NO9/c1-14-19-10-9-17(12-18(35)11-16-7-4-6-15-5-2-3-8-20(15)16)27(37)24(19)29(39)26-23(14)28(38)21-13-22(36)25(32(34)42)30(40)33(21,43)31(26)41/h2-10,14,21,23,28,37-40,43H,11-13H2,1H3,(H2,34,42)/t14-,21+,23+,28+,33+/m0/s1. The van der Waals surface area contributed by atoms with E-state index in [-0.39, 0.29) is 29.8 Å². The number of primary amides is 1. The number of Topliss-reactive ketones (excluding diaryl/α,β-unsaturated/α-hetero) is 3. The van der Waals surface area contributed by atoms with E-state index in [1.165, 1.54) is 0 Å². The molecular formula is C33H29NO9. The molecule has 3 aromatic rings. The van der Waals surface area contributed by atoms with Crippen molar-refractivity contribution < 1.29 is 44.7 Å². The fourth-order valence-corrected chi connectivity index (χ4v) is 7.12. The summed E-state index contributed by atoms with van der Waals surface area (Å²) in [7, 11) is 0. The molecule has 6 rings (SSSR count). The van der Waals surface area contributed by atoms with Crippen LogP contribution in [0.1, 0.15) is 41.5 Å². The summed E-state index contributed by atoms with van der Waals surface area (Å²) in [5.74, 6) is -9.48. The molecule has 10 heteroatoms. The molecule has 1 amide bonds. The van der Waals surface area contributed by atoms with Crippen LogP contribution < -0.4 is 5.73 Å². The van der Waals surface area contributed by atoms with Crippen LogP contribution in [0.5, 0.6) is 5.75 Å². The molecule has 7 N–H and O–H groups in total. The van der Waals surface area contributed by atoms with Crippen molar-refractivity contribution in [2.45, 2.75) is 43.8 Å². The highest BCUT2D eigenvalue weighted by Gasteiger charge is 2.64. The van der Waals surface area contributed by atoms with Crippen molar-refractivity contribution in [1.82, 2.24) is 0 Å². The molecule has 0 heterocycles. The number of ketones is 3. The van der Waals surface area contributed by atoms with Crippen LogP contribution in [0.15, 0.2) is 71.5 Å². The van der Waals surface area contributed by atoms with E-state index in [2.05, 4.69) is 0 Å². The number of hydrogen-bond donors (Lipinski definition) is 6. The first kappa shape index (κ1) is 28.3. The molecule has 3 aromatic carbocycles. The summed E-state index contributed by atoms with van der Waals surface area (Å²) < 4.78 is 0. The normalized spacial score (nSPS) is 26.7. The average Bonchev–Trinajstić information content (AvgIpc) is 2.96. The fourth-order valence-electron chi connectivity index (χ4n) is 7.12. The third-order valence-corrected chi connectivity index (χ3v) is 9.24. The lowest BCUT2D eigenvalue weighted by atomic mass is 9.55. The number of carbonyl (C=O) groups is 4. The Bertz CT molecular complexity index is 1830. The van der Waals surface area contributed by atoms with Gasteiger partial charge in [0, 0.05) is 42.2 Å². The number of carbonyl (C=O) groups excluding carboxylic acids is 4. The molecule has 5 atom stereocenters. The van der Waals surface area contributed by atoms with E-state index in [1.54, 1.807) is 19.1 Å². The van der Waals surface area contributed by atoms with Gasteiger partial charge in [0.1, 0.15) is 28.6 Å². The van der Waals surface area contributed by atoms with Crippen molar-refractivity contribution in [3.05, 3.63) is 93.8 Å². The molecule has 10 nitrogen and oxygen atoms in total. The first-order valence-electron chi connectivity index (χ1n) is 13.9. The van der Waals surface area contributed by atoms with E-state index in [0.29, 0.717) is 5.56 Å². The minimum Gasteiger partial charge on any atom is -0.508 e. The predicted octanol–water partition coefficient (Wildman–Crippen LogP) is 2.46. The van der Waals surface area contributed by atoms with Crippen LogP contribution in [0.4, 0.5) is 0 Å². The van der Waals surface area contributed by atoms with Gasteiger partial charge >= 0.3 is 0 Å².